The van der Waals surface area contributed by atoms with Gasteiger partial charge in [0.05, 0.1) is 12.6 Å². The molecule has 0 aromatic rings. The lowest BCUT2D eigenvalue weighted by atomic mass is 9.94. The van der Waals surface area contributed by atoms with E-state index in [1.54, 1.807) is 0 Å². The van der Waals surface area contributed by atoms with Crippen molar-refractivity contribution in [3.05, 3.63) is 11.8 Å². The average molecular weight is 223 g/mol. The zero-order chi connectivity index (χ0) is 11.4. The molecule has 2 aliphatic rings. The molecule has 3 atom stereocenters. The summed E-state index contributed by atoms with van der Waals surface area (Å²) in [7, 11) is 0. The van der Waals surface area contributed by atoms with Crippen molar-refractivity contribution in [3.8, 4) is 0 Å². The molecule has 0 saturated heterocycles. The Labute approximate surface area is 99.4 Å². The van der Waals surface area contributed by atoms with Crippen LogP contribution in [0.2, 0.25) is 0 Å². The first-order valence-electron chi connectivity index (χ1n) is 6.87. The van der Waals surface area contributed by atoms with Crippen LogP contribution in [0.15, 0.2) is 11.8 Å². The highest BCUT2D eigenvalue weighted by Gasteiger charge is 2.31. The Morgan fingerprint density at radius 3 is 2.94 bits per heavy atom. The number of nitrogens with one attached hydrogen (secondary N) is 1. The van der Waals surface area contributed by atoms with Gasteiger partial charge in [0, 0.05) is 0 Å². The molecule has 1 saturated carbocycles. The zero-order valence-corrected chi connectivity index (χ0v) is 10.7. The molecule has 1 heterocycles. The highest BCUT2D eigenvalue weighted by Crippen LogP contribution is 2.35. The van der Waals surface area contributed by atoms with Crippen LogP contribution in [-0.4, -0.2) is 19.2 Å². The molecule has 2 nitrogen and oxygen atoms in total. The molecule has 0 radical (unpaired) electrons. The lowest BCUT2D eigenvalue weighted by Crippen LogP contribution is -2.38. The highest BCUT2D eigenvalue weighted by atomic mass is 16.5. The van der Waals surface area contributed by atoms with E-state index in [-0.39, 0.29) is 0 Å². The molecule has 1 aliphatic carbocycles. The maximum atomic E-state index is 5.84. The third kappa shape index (κ3) is 2.79. The van der Waals surface area contributed by atoms with Gasteiger partial charge >= 0.3 is 0 Å². The third-order valence-corrected chi connectivity index (χ3v) is 3.90. The Balaban J connectivity index is 2.01. The first-order chi connectivity index (χ1) is 7.81. The highest BCUT2D eigenvalue weighted by molar-refractivity contribution is 5.08. The summed E-state index contributed by atoms with van der Waals surface area (Å²) < 4.78 is 5.84. The van der Waals surface area contributed by atoms with Gasteiger partial charge in [-0.2, -0.15) is 0 Å². The van der Waals surface area contributed by atoms with E-state index < -0.39 is 0 Å². The Kier molecular flexibility index (Phi) is 4.28. The van der Waals surface area contributed by atoms with Gasteiger partial charge < -0.3 is 10.1 Å². The molecule has 16 heavy (non-hydrogen) atoms. The molecule has 92 valence electrons. The van der Waals surface area contributed by atoms with Crippen molar-refractivity contribution in [3.63, 3.8) is 0 Å². The number of allylic oxidation sites excluding steroid dienone is 1. The van der Waals surface area contributed by atoms with E-state index in [0.29, 0.717) is 6.04 Å². The van der Waals surface area contributed by atoms with Crippen LogP contribution in [0.4, 0.5) is 0 Å². The van der Waals surface area contributed by atoms with E-state index in [0.717, 1.165) is 25.0 Å². The van der Waals surface area contributed by atoms with Crippen LogP contribution < -0.4 is 5.32 Å². The fourth-order valence-corrected chi connectivity index (χ4v) is 3.07. The van der Waals surface area contributed by atoms with Crippen molar-refractivity contribution in [2.75, 3.05) is 13.2 Å². The van der Waals surface area contributed by atoms with E-state index in [2.05, 4.69) is 25.2 Å². The first kappa shape index (κ1) is 12.0. The molecule has 1 N–H and O–H groups in total. The summed E-state index contributed by atoms with van der Waals surface area (Å²) in [6.45, 7) is 6.51. The van der Waals surface area contributed by atoms with Gasteiger partial charge in [0.2, 0.25) is 0 Å². The standard InChI is InChI=1S/C14H25NO/c1-3-15-14(12-8-7-11(2)10-12)13-6-4-5-9-16-13/h6,11-12,14-15H,3-5,7-10H2,1-2H3. The molecular formula is C14H25NO. The minimum absolute atomic E-state index is 0.482. The van der Waals surface area contributed by atoms with Gasteiger partial charge in [-0.25, -0.2) is 0 Å². The van der Waals surface area contributed by atoms with Gasteiger partial charge in [-0.1, -0.05) is 20.3 Å². The SMILES string of the molecule is CCNC(C1=CCCCO1)C1CCC(C)C1. The predicted octanol–water partition coefficient (Wildman–Crippen LogP) is 3.10. The number of rotatable bonds is 4. The number of likely N-dealkylation sites (N-methyl/N-ethyl adjacent to an activating group) is 1. The van der Waals surface area contributed by atoms with Crippen molar-refractivity contribution < 1.29 is 4.74 Å². The van der Waals surface area contributed by atoms with Crippen LogP contribution in [0, 0.1) is 11.8 Å². The lowest BCUT2D eigenvalue weighted by Gasteiger charge is -2.29. The van der Waals surface area contributed by atoms with Gasteiger partial charge in [0.1, 0.15) is 5.76 Å². The first-order valence-corrected chi connectivity index (χ1v) is 6.87. The van der Waals surface area contributed by atoms with Crippen LogP contribution in [0.5, 0.6) is 0 Å². The van der Waals surface area contributed by atoms with E-state index in [1.807, 2.05) is 0 Å². The maximum absolute atomic E-state index is 5.84. The number of hydrogen-bond donors (Lipinski definition) is 1. The summed E-state index contributed by atoms with van der Waals surface area (Å²) in [6.07, 6.45) is 8.79. The molecule has 1 fully saturated rings. The monoisotopic (exact) mass is 223 g/mol. The second-order valence-corrected chi connectivity index (χ2v) is 5.31. The molecule has 2 rings (SSSR count). The molecule has 0 spiro atoms. The normalized spacial score (nSPS) is 32.0. The van der Waals surface area contributed by atoms with Crippen molar-refractivity contribution in [2.24, 2.45) is 11.8 Å². The molecule has 3 unspecified atom stereocenters. The summed E-state index contributed by atoms with van der Waals surface area (Å²) in [5, 5.41) is 3.62. The average Bonchev–Trinajstić information content (AvgIpc) is 2.74. The van der Waals surface area contributed by atoms with E-state index in [1.165, 1.54) is 37.9 Å². The minimum Gasteiger partial charge on any atom is -0.497 e. The maximum Gasteiger partial charge on any atom is 0.109 e. The number of ether oxygens (including phenoxy) is 1. The van der Waals surface area contributed by atoms with Crippen molar-refractivity contribution in [1.29, 1.82) is 0 Å². The summed E-state index contributed by atoms with van der Waals surface area (Å²) in [5.41, 5.74) is 0. The van der Waals surface area contributed by atoms with Crippen molar-refractivity contribution in [2.45, 2.75) is 52.0 Å². The summed E-state index contributed by atoms with van der Waals surface area (Å²) in [6, 6.07) is 0.482. The van der Waals surface area contributed by atoms with Gasteiger partial charge in [0.15, 0.2) is 0 Å². The van der Waals surface area contributed by atoms with E-state index in [4.69, 9.17) is 4.74 Å². The van der Waals surface area contributed by atoms with Crippen molar-refractivity contribution >= 4 is 0 Å². The smallest absolute Gasteiger partial charge is 0.109 e. The third-order valence-electron chi connectivity index (χ3n) is 3.90. The van der Waals surface area contributed by atoms with Gasteiger partial charge in [-0.05, 0) is 50.1 Å². The van der Waals surface area contributed by atoms with Gasteiger partial charge in [-0.15, -0.1) is 0 Å². The van der Waals surface area contributed by atoms with Crippen LogP contribution in [-0.2, 0) is 4.74 Å². The molecule has 0 bridgehead atoms. The summed E-state index contributed by atoms with van der Waals surface area (Å²) in [5.74, 6) is 2.92. The molecule has 0 aromatic carbocycles. The van der Waals surface area contributed by atoms with Crippen molar-refractivity contribution in [1.82, 2.24) is 5.32 Å². The summed E-state index contributed by atoms with van der Waals surface area (Å²) >= 11 is 0. The molecular weight excluding hydrogens is 198 g/mol. The van der Waals surface area contributed by atoms with Gasteiger partial charge in [0.25, 0.3) is 0 Å². The Bertz CT molecular complexity index is 249. The second-order valence-electron chi connectivity index (χ2n) is 5.31. The lowest BCUT2D eigenvalue weighted by molar-refractivity contribution is 0.150. The molecule has 0 amide bonds. The molecule has 1 aliphatic heterocycles. The largest absolute Gasteiger partial charge is 0.497 e. The van der Waals surface area contributed by atoms with Crippen LogP contribution in [0.3, 0.4) is 0 Å². The van der Waals surface area contributed by atoms with Crippen LogP contribution in [0.25, 0.3) is 0 Å². The summed E-state index contributed by atoms with van der Waals surface area (Å²) in [4.78, 5) is 0. The Morgan fingerprint density at radius 2 is 2.38 bits per heavy atom. The number of hydrogen-bond acceptors (Lipinski definition) is 2. The quantitative estimate of drug-likeness (QED) is 0.790. The van der Waals surface area contributed by atoms with E-state index >= 15 is 0 Å². The zero-order valence-electron chi connectivity index (χ0n) is 10.7. The fraction of sp³-hybridized carbons (Fsp3) is 0.857. The molecule has 2 heteroatoms. The molecule has 0 aromatic heterocycles. The topological polar surface area (TPSA) is 21.3 Å². The minimum atomic E-state index is 0.482. The Morgan fingerprint density at radius 1 is 1.50 bits per heavy atom. The van der Waals surface area contributed by atoms with Gasteiger partial charge in [-0.3, -0.25) is 0 Å². The fourth-order valence-electron chi connectivity index (χ4n) is 3.07. The van der Waals surface area contributed by atoms with Crippen LogP contribution >= 0.6 is 0 Å². The Hall–Kier alpha value is -0.500. The predicted molar refractivity (Wildman–Crippen MR) is 67.2 cm³/mol. The van der Waals surface area contributed by atoms with Crippen LogP contribution in [0.1, 0.15) is 46.0 Å². The van der Waals surface area contributed by atoms with E-state index in [9.17, 15) is 0 Å². The second kappa shape index (κ2) is 5.72.